The maximum absolute atomic E-state index is 12.3. The van der Waals surface area contributed by atoms with Gasteiger partial charge in [0.25, 0.3) is 5.91 Å². The van der Waals surface area contributed by atoms with E-state index in [1.807, 2.05) is 6.07 Å². The fourth-order valence-electron chi connectivity index (χ4n) is 2.53. The van der Waals surface area contributed by atoms with Gasteiger partial charge < -0.3 is 14.8 Å². The molecule has 0 unspecified atom stereocenters. The van der Waals surface area contributed by atoms with Gasteiger partial charge in [0.05, 0.1) is 17.2 Å². The van der Waals surface area contributed by atoms with E-state index in [0.717, 1.165) is 10.5 Å². The van der Waals surface area contributed by atoms with E-state index in [9.17, 15) is 14.4 Å². The Morgan fingerprint density at radius 1 is 1.10 bits per heavy atom. The van der Waals surface area contributed by atoms with E-state index in [-0.39, 0.29) is 5.70 Å². The minimum absolute atomic E-state index is 0.0726. The van der Waals surface area contributed by atoms with Gasteiger partial charge in [-0.1, -0.05) is 41.4 Å². The van der Waals surface area contributed by atoms with Crippen LogP contribution in [0.4, 0.5) is 4.79 Å². The molecule has 0 aromatic heterocycles. The number of methoxy groups -OCH3 is 1. The average Bonchev–Trinajstić information content (AvgIpc) is 2.97. The third kappa shape index (κ3) is 5.07. The molecule has 0 aliphatic carbocycles. The second-order valence-corrected chi connectivity index (χ2v) is 6.88. The first kappa shape index (κ1) is 20.7. The van der Waals surface area contributed by atoms with E-state index >= 15 is 0 Å². The monoisotopic (exact) mass is 434 g/mol. The fourth-order valence-corrected chi connectivity index (χ4v) is 2.85. The molecule has 0 atom stereocenters. The van der Waals surface area contributed by atoms with E-state index < -0.39 is 24.5 Å². The lowest BCUT2D eigenvalue weighted by Crippen LogP contribution is -2.36. The van der Waals surface area contributed by atoms with Crippen molar-refractivity contribution in [1.29, 1.82) is 0 Å². The number of halogens is 2. The van der Waals surface area contributed by atoms with E-state index in [2.05, 4.69) is 10.1 Å². The van der Waals surface area contributed by atoms with Crippen LogP contribution in [-0.4, -0.2) is 36.5 Å². The second kappa shape index (κ2) is 8.98. The van der Waals surface area contributed by atoms with Crippen LogP contribution in [0, 0.1) is 0 Å². The van der Waals surface area contributed by atoms with Crippen LogP contribution in [0.15, 0.2) is 48.2 Å². The smallest absolute Gasteiger partial charge is 0.329 e. The van der Waals surface area contributed by atoms with Crippen molar-refractivity contribution in [2.24, 2.45) is 0 Å². The van der Waals surface area contributed by atoms with Crippen LogP contribution in [0.2, 0.25) is 10.0 Å². The van der Waals surface area contributed by atoms with Crippen molar-refractivity contribution in [1.82, 2.24) is 10.2 Å². The molecule has 1 fully saturated rings. The van der Waals surface area contributed by atoms with E-state index in [1.165, 1.54) is 13.2 Å². The van der Waals surface area contributed by atoms with Crippen molar-refractivity contribution in [2.75, 3.05) is 13.7 Å². The summed E-state index contributed by atoms with van der Waals surface area (Å²) in [5.74, 6) is -0.661. The van der Waals surface area contributed by atoms with Crippen molar-refractivity contribution in [3.05, 3.63) is 69.3 Å². The Bertz CT molecular complexity index is 989. The van der Waals surface area contributed by atoms with Gasteiger partial charge in [0.1, 0.15) is 24.6 Å². The lowest BCUT2D eigenvalue weighted by Gasteiger charge is -2.09. The minimum Gasteiger partial charge on any atom is -0.489 e. The van der Waals surface area contributed by atoms with Crippen LogP contribution in [0.3, 0.4) is 0 Å². The second-order valence-electron chi connectivity index (χ2n) is 6.06. The summed E-state index contributed by atoms with van der Waals surface area (Å²) in [5, 5.41) is 3.37. The molecule has 0 radical (unpaired) electrons. The zero-order valence-electron chi connectivity index (χ0n) is 15.3. The summed E-state index contributed by atoms with van der Waals surface area (Å²) in [4.78, 5) is 36.2. The summed E-state index contributed by atoms with van der Waals surface area (Å²) >= 11 is 11.9. The Labute approximate surface area is 176 Å². The van der Waals surface area contributed by atoms with E-state index in [1.54, 1.807) is 36.4 Å². The Morgan fingerprint density at radius 3 is 2.48 bits per heavy atom. The van der Waals surface area contributed by atoms with Crippen LogP contribution in [0.1, 0.15) is 11.1 Å². The van der Waals surface area contributed by atoms with Crippen molar-refractivity contribution in [3.8, 4) is 5.75 Å². The Morgan fingerprint density at radius 2 is 1.83 bits per heavy atom. The predicted molar refractivity (Wildman–Crippen MR) is 107 cm³/mol. The third-order valence-electron chi connectivity index (χ3n) is 4.06. The molecule has 9 heteroatoms. The molecule has 1 aliphatic rings. The summed E-state index contributed by atoms with van der Waals surface area (Å²) in [6.07, 6.45) is 1.51. The van der Waals surface area contributed by atoms with Crippen LogP contribution in [0.5, 0.6) is 5.75 Å². The number of carbonyl (C=O) groups excluding carboxylic acids is 3. The average molecular weight is 435 g/mol. The SMILES string of the molecule is COC(=O)CN1C(=O)NC(=Cc2ccc(OCc3ccc(Cl)c(Cl)c3)cc2)C1=O. The van der Waals surface area contributed by atoms with Gasteiger partial charge in [0.2, 0.25) is 0 Å². The molecule has 0 saturated carbocycles. The molecule has 1 saturated heterocycles. The molecule has 1 N–H and O–H groups in total. The number of nitrogens with zero attached hydrogens (tertiary/aromatic N) is 1. The lowest BCUT2D eigenvalue weighted by molar-refractivity contribution is -0.143. The van der Waals surface area contributed by atoms with Gasteiger partial charge in [0, 0.05) is 0 Å². The van der Waals surface area contributed by atoms with Crippen molar-refractivity contribution in [3.63, 3.8) is 0 Å². The normalized spacial score (nSPS) is 14.9. The molecule has 150 valence electrons. The zero-order valence-corrected chi connectivity index (χ0v) is 16.8. The first-order valence-electron chi connectivity index (χ1n) is 8.45. The highest BCUT2D eigenvalue weighted by atomic mass is 35.5. The number of rotatable bonds is 6. The highest BCUT2D eigenvalue weighted by molar-refractivity contribution is 6.42. The summed E-state index contributed by atoms with van der Waals surface area (Å²) in [5.41, 5.74) is 1.62. The Balaban J connectivity index is 1.64. The molecule has 29 heavy (non-hydrogen) atoms. The number of imide groups is 1. The van der Waals surface area contributed by atoms with Gasteiger partial charge in [-0.2, -0.15) is 0 Å². The van der Waals surface area contributed by atoms with E-state index in [4.69, 9.17) is 27.9 Å². The first-order valence-corrected chi connectivity index (χ1v) is 9.21. The highest BCUT2D eigenvalue weighted by Gasteiger charge is 2.35. The molecule has 3 amide bonds. The summed E-state index contributed by atoms with van der Waals surface area (Å²) in [6.45, 7) is -0.131. The van der Waals surface area contributed by atoms with Crippen LogP contribution in [0.25, 0.3) is 6.08 Å². The van der Waals surface area contributed by atoms with Crippen molar-refractivity contribution >= 4 is 47.2 Å². The first-order chi connectivity index (χ1) is 13.9. The number of ether oxygens (including phenoxy) is 2. The summed E-state index contributed by atoms with van der Waals surface area (Å²) < 4.78 is 10.2. The number of urea groups is 1. The van der Waals surface area contributed by atoms with Gasteiger partial charge in [-0.15, -0.1) is 0 Å². The van der Waals surface area contributed by atoms with Crippen LogP contribution >= 0.6 is 23.2 Å². The van der Waals surface area contributed by atoms with Crippen LogP contribution < -0.4 is 10.1 Å². The van der Waals surface area contributed by atoms with Crippen LogP contribution in [-0.2, 0) is 20.9 Å². The maximum atomic E-state index is 12.3. The predicted octanol–water partition coefficient (Wildman–Crippen LogP) is 3.64. The molecular formula is C20H16Cl2N2O5. The Kier molecular flexibility index (Phi) is 6.41. The molecule has 3 rings (SSSR count). The largest absolute Gasteiger partial charge is 0.489 e. The molecule has 1 heterocycles. The number of esters is 1. The van der Waals surface area contributed by atoms with Gasteiger partial charge in [0.15, 0.2) is 0 Å². The van der Waals surface area contributed by atoms with Crippen molar-refractivity contribution < 1.29 is 23.9 Å². The molecular weight excluding hydrogens is 419 g/mol. The lowest BCUT2D eigenvalue weighted by atomic mass is 10.2. The number of carbonyl (C=O) groups is 3. The number of hydrogen-bond acceptors (Lipinski definition) is 5. The molecule has 0 bridgehead atoms. The minimum atomic E-state index is -0.682. The fraction of sp³-hybridized carbons (Fsp3) is 0.150. The standard InChI is InChI=1S/C20H16Cl2N2O5/c1-28-18(25)10-24-19(26)17(23-20(24)27)9-12-2-5-14(6-3-12)29-11-13-4-7-15(21)16(22)8-13/h2-9H,10-11H2,1H3,(H,23,27). The summed E-state index contributed by atoms with van der Waals surface area (Å²) in [7, 11) is 1.18. The Hall–Kier alpha value is -3.03. The van der Waals surface area contributed by atoms with Gasteiger partial charge in [-0.25, -0.2) is 9.69 Å². The van der Waals surface area contributed by atoms with E-state index in [0.29, 0.717) is 28.0 Å². The molecule has 2 aromatic rings. The summed E-state index contributed by atoms with van der Waals surface area (Å²) in [6, 6.07) is 11.5. The number of amides is 3. The van der Waals surface area contributed by atoms with Gasteiger partial charge in [-0.05, 0) is 41.5 Å². The molecule has 1 aliphatic heterocycles. The number of nitrogens with one attached hydrogen (secondary N) is 1. The quantitative estimate of drug-likeness (QED) is 0.426. The maximum Gasteiger partial charge on any atom is 0.329 e. The molecule has 2 aromatic carbocycles. The van der Waals surface area contributed by atoms with Gasteiger partial charge in [-0.3, -0.25) is 9.59 Å². The number of benzene rings is 2. The third-order valence-corrected chi connectivity index (χ3v) is 4.80. The number of hydrogen-bond donors (Lipinski definition) is 1. The molecule has 0 spiro atoms. The van der Waals surface area contributed by atoms with Gasteiger partial charge >= 0.3 is 12.0 Å². The zero-order chi connectivity index (χ0) is 21.0. The molecule has 7 nitrogen and oxygen atoms in total. The van der Waals surface area contributed by atoms with Crippen molar-refractivity contribution in [2.45, 2.75) is 6.61 Å². The highest BCUT2D eigenvalue weighted by Crippen LogP contribution is 2.24. The topological polar surface area (TPSA) is 84.9 Å².